The topological polar surface area (TPSA) is 89.6 Å². The largest absolute Gasteiger partial charge is 0.454 e. The molecule has 7 heteroatoms. The number of anilines is 3. The fourth-order valence-electron chi connectivity index (χ4n) is 2.76. The number of ketones is 1. The van der Waals surface area contributed by atoms with Crippen molar-refractivity contribution in [1.29, 1.82) is 0 Å². The zero-order chi connectivity index (χ0) is 19.5. The van der Waals surface area contributed by atoms with E-state index < -0.39 is 0 Å². The van der Waals surface area contributed by atoms with E-state index >= 15 is 0 Å². The summed E-state index contributed by atoms with van der Waals surface area (Å²) in [6.45, 7) is 1.70. The van der Waals surface area contributed by atoms with Gasteiger partial charge in [0, 0.05) is 29.2 Å². The van der Waals surface area contributed by atoms with Crippen LogP contribution in [0.3, 0.4) is 0 Å². The number of hydrogen-bond donors (Lipinski definition) is 2. The molecule has 2 N–H and O–H groups in total. The van der Waals surface area contributed by atoms with Gasteiger partial charge in [0.2, 0.25) is 6.79 Å². The molecule has 1 aromatic heterocycles. The van der Waals surface area contributed by atoms with Crippen LogP contribution in [0, 0.1) is 0 Å². The van der Waals surface area contributed by atoms with E-state index in [4.69, 9.17) is 9.47 Å². The molecular formula is C21H17N3O4. The molecule has 7 nitrogen and oxygen atoms in total. The van der Waals surface area contributed by atoms with Crippen LogP contribution in [-0.2, 0) is 0 Å². The van der Waals surface area contributed by atoms with Crippen LogP contribution in [0.5, 0.6) is 11.5 Å². The number of nitrogens with zero attached hydrogens (tertiary/aromatic N) is 1. The van der Waals surface area contributed by atoms with E-state index in [1.165, 1.54) is 13.1 Å². The summed E-state index contributed by atoms with van der Waals surface area (Å²) in [5, 5.41) is 5.99. The molecule has 4 rings (SSSR count). The van der Waals surface area contributed by atoms with Crippen molar-refractivity contribution >= 4 is 28.8 Å². The van der Waals surface area contributed by atoms with Crippen LogP contribution in [0.2, 0.25) is 0 Å². The molecule has 0 bridgehead atoms. The van der Waals surface area contributed by atoms with Gasteiger partial charge in [-0.1, -0.05) is 0 Å². The predicted molar refractivity (Wildman–Crippen MR) is 104 cm³/mol. The van der Waals surface area contributed by atoms with Crippen molar-refractivity contribution in [2.75, 3.05) is 17.4 Å². The molecule has 0 saturated carbocycles. The Hall–Kier alpha value is -3.87. The number of hydrogen-bond acceptors (Lipinski definition) is 6. The first-order valence-electron chi connectivity index (χ1n) is 8.62. The quantitative estimate of drug-likeness (QED) is 0.655. The fourth-order valence-corrected chi connectivity index (χ4v) is 2.76. The van der Waals surface area contributed by atoms with Crippen molar-refractivity contribution < 1.29 is 19.1 Å². The summed E-state index contributed by atoms with van der Waals surface area (Å²) in [5.74, 6) is 0.972. The van der Waals surface area contributed by atoms with Crippen LogP contribution in [0.15, 0.2) is 60.9 Å². The molecule has 0 aliphatic carbocycles. The zero-order valence-electron chi connectivity index (χ0n) is 15.1. The van der Waals surface area contributed by atoms with Crippen LogP contribution < -0.4 is 20.1 Å². The first-order valence-corrected chi connectivity index (χ1v) is 8.62. The van der Waals surface area contributed by atoms with Crippen LogP contribution in [0.25, 0.3) is 0 Å². The Morgan fingerprint density at radius 3 is 2.39 bits per heavy atom. The predicted octanol–water partition coefficient (Wildman–Crippen LogP) is 4.01. The van der Waals surface area contributed by atoms with Gasteiger partial charge in [0.1, 0.15) is 0 Å². The minimum absolute atomic E-state index is 0.00963. The maximum absolute atomic E-state index is 12.6. The summed E-state index contributed by atoms with van der Waals surface area (Å²) in [6, 6.07) is 14.0. The molecule has 0 fully saturated rings. The normalized spacial score (nSPS) is 11.8. The number of carbonyl (C=O) groups excluding carboxylic acids is 2. The van der Waals surface area contributed by atoms with Crippen molar-refractivity contribution in [2.45, 2.75) is 6.92 Å². The highest BCUT2D eigenvalue weighted by atomic mass is 16.7. The number of ether oxygens (including phenoxy) is 2. The Kier molecular flexibility index (Phi) is 4.63. The van der Waals surface area contributed by atoms with Crippen LogP contribution >= 0.6 is 0 Å². The highest BCUT2D eigenvalue weighted by Gasteiger charge is 2.15. The van der Waals surface area contributed by atoms with Crippen molar-refractivity contribution in [3.63, 3.8) is 0 Å². The Labute approximate surface area is 161 Å². The third kappa shape index (κ3) is 3.78. The summed E-state index contributed by atoms with van der Waals surface area (Å²) in [7, 11) is 0. The molecule has 1 aliphatic rings. The minimum Gasteiger partial charge on any atom is -0.454 e. The lowest BCUT2D eigenvalue weighted by molar-refractivity contribution is 0.101. The van der Waals surface area contributed by atoms with E-state index in [9.17, 15) is 9.59 Å². The SMILES string of the molecule is CC(=O)c1ccc(Nc2cncc(C(=O)Nc3ccc4c(c3)OCO4)c2)cc1. The van der Waals surface area contributed by atoms with Gasteiger partial charge in [-0.3, -0.25) is 14.6 Å². The van der Waals surface area contributed by atoms with E-state index in [2.05, 4.69) is 15.6 Å². The summed E-state index contributed by atoms with van der Waals surface area (Å²) in [4.78, 5) is 28.0. The van der Waals surface area contributed by atoms with Crippen molar-refractivity contribution in [2.24, 2.45) is 0 Å². The highest BCUT2D eigenvalue weighted by molar-refractivity contribution is 6.04. The molecule has 0 radical (unpaired) electrons. The van der Waals surface area contributed by atoms with Gasteiger partial charge in [-0.15, -0.1) is 0 Å². The van der Waals surface area contributed by atoms with Gasteiger partial charge in [-0.05, 0) is 49.4 Å². The Bertz CT molecular complexity index is 1050. The summed E-state index contributed by atoms with van der Waals surface area (Å²) in [6.07, 6.45) is 3.11. The second-order valence-electron chi connectivity index (χ2n) is 6.24. The van der Waals surface area contributed by atoms with E-state index in [1.54, 1.807) is 54.7 Å². The summed E-state index contributed by atoms with van der Waals surface area (Å²) in [5.41, 5.74) is 3.10. The fraction of sp³-hybridized carbons (Fsp3) is 0.0952. The number of rotatable bonds is 5. The zero-order valence-corrected chi connectivity index (χ0v) is 15.1. The van der Waals surface area contributed by atoms with Crippen LogP contribution in [0.1, 0.15) is 27.6 Å². The number of aromatic nitrogens is 1. The van der Waals surface area contributed by atoms with Crippen LogP contribution in [0.4, 0.5) is 17.1 Å². The lowest BCUT2D eigenvalue weighted by atomic mass is 10.1. The number of benzene rings is 2. The molecule has 1 amide bonds. The average molecular weight is 375 g/mol. The van der Waals surface area contributed by atoms with Crippen LogP contribution in [-0.4, -0.2) is 23.5 Å². The molecule has 0 saturated heterocycles. The molecule has 0 atom stereocenters. The molecule has 140 valence electrons. The second-order valence-corrected chi connectivity index (χ2v) is 6.24. The number of nitrogens with one attached hydrogen (secondary N) is 2. The van der Waals surface area contributed by atoms with Gasteiger partial charge < -0.3 is 20.1 Å². The lowest BCUT2D eigenvalue weighted by Gasteiger charge is -2.09. The number of carbonyl (C=O) groups is 2. The van der Waals surface area contributed by atoms with Crippen molar-refractivity contribution in [3.8, 4) is 11.5 Å². The number of Topliss-reactive ketones (excluding diaryl/α,β-unsaturated/α-hetero) is 1. The standard InChI is InChI=1S/C21H17N3O4/c1-13(25)14-2-4-16(5-3-14)23-18-8-15(10-22-11-18)21(26)24-17-6-7-19-20(9-17)28-12-27-19/h2-11,23H,12H2,1H3,(H,24,26). The van der Waals surface area contributed by atoms with E-state index in [0.29, 0.717) is 34.0 Å². The van der Waals surface area contributed by atoms with Gasteiger partial charge in [0.25, 0.3) is 5.91 Å². The maximum atomic E-state index is 12.6. The van der Waals surface area contributed by atoms with Gasteiger partial charge in [-0.2, -0.15) is 0 Å². The first-order chi connectivity index (χ1) is 13.6. The Balaban J connectivity index is 1.47. The number of pyridine rings is 1. The van der Waals surface area contributed by atoms with Gasteiger partial charge in [0.15, 0.2) is 17.3 Å². The summed E-state index contributed by atoms with van der Waals surface area (Å²) < 4.78 is 10.6. The van der Waals surface area contributed by atoms with Gasteiger partial charge in [-0.25, -0.2) is 0 Å². The van der Waals surface area contributed by atoms with Crippen molar-refractivity contribution in [1.82, 2.24) is 4.98 Å². The van der Waals surface area contributed by atoms with Crippen molar-refractivity contribution in [3.05, 3.63) is 72.1 Å². The lowest BCUT2D eigenvalue weighted by Crippen LogP contribution is -2.12. The smallest absolute Gasteiger partial charge is 0.257 e. The second kappa shape index (κ2) is 7.40. The molecule has 0 spiro atoms. The van der Waals surface area contributed by atoms with E-state index in [-0.39, 0.29) is 18.5 Å². The maximum Gasteiger partial charge on any atom is 0.257 e. The van der Waals surface area contributed by atoms with E-state index in [1.807, 2.05) is 0 Å². The highest BCUT2D eigenvalue weighted by Crippen LogP contribution is 2.34. The molecule has 3 aromatic rings. The Morgan fingerprint density at radius 1 is 0.857 bits per heavy atom. The molecule has 1 aliphatic heterocycles. The molecule has 2 aromatic carbocycles. The molecular weight excluding hydrogens is 358 g/mol. The number of fused-ring (bicyclic) bond motifs is 1. The monoisotopic (exact) mass is 375 g/mol. The van der Waals surface area contributed by atoms with E-state index in [0.717, 1.165) is 5.69 Å². The van der Waals surface area contributed by atoms with Gasteiger partial charge >= 0.3 is 0 Å². The molecule has 28 heavy (non-hydrogen) atoms. The van der Waals surface area contributed by atoms with Gasteiger partial charge in [0.05, 0.1) is 17.4 Å². The minimum atomic E-state index is -0.290. The third-order valence-electron chi connectivity index (χ3n) is 4.21. The summed E-state index contributed by atoms with van der Waals surface area (Å²) >= 11 is 0. The first kappa shape index (κ1) is 17.5. The number of amides is 1. The Morgan fingerprint density at radius 2 is 1.61 bits per heavy atom. The molecule has 0 unspecified atom stereocenters. The average Bonchev–Trinajstić information content (AvgIpc) is 3.16. The third-order valence-corrected chi connectivity index (χ3v) is 4.21. The molecule has 2 heterocycles.